The minimum Gasteiger partial charge on any atom is -0.307 e. The van der Waals surface area contributed by atoms with Gasteiger partial charge < -0.3 is 5.32 Å². The first kappa shape index (κ1) is 18.7. The summed E-state index contributed by atoms with van der Waals surface area (Å²) in [7, 11) is -3.66. The fraction of sp³-hybridized carbons (Fsp3) is 0.158. The Kier molecular flexibility index (Phi) is 5.27. The summed E-state index contributed by atoms with van der Waals surface area (Å²) in [5.74, 6) is 0.304. The quantitative estimate of drug-likeness (QED) is 0.680. The Bertz CT molecular complexity index is 1030. The summed E-state index contributed by atoms with van der Waals surface area (Å²) in [6.45, 7) is 3.94. The van der Waals surface area contributed by atoms with Crippen LogP contribution in [0.15, 0.2) is 71.8 Å². The van der Waals surface area contributed by atoms with Gasteiger partial charge in [0, 0.05) is 23.4 Å². The Labute approximate surface area is 158 Å². The Hall–Kier alpha value is -3.13. The summed E-state index contributed by atoms with van der Waals surface area (Å²) in [4.78, 5) is 12.6. The first-order valence-electron chi connectivity index (χ1n) is 8.39. The van der Waals surface area contributed by atoms with E-state index in [4.69, 9.17) is 0 Å². The highest BCUT2D eigenvalue weighted by Crippen LogP contribution is 2.18. The van der Waals surface area contributed by atoms with Gasteiger partial charge in [0.15, 0.2) is 0 Å². The molecule has 0 unspecified atom stereocenters. The second-order valence-corrected chi connectivity index (χ2v) is 7.89. The van der Waals surface area contributed by atoms with E-state index in [9.17, 15) is 13.2 Å². The largest absolute Gasteiger partial charge is 0.307 e. The van der Waals surface area contributed by atoms with E-state index in [1.165, 1.54) is 12.1 Å². The van der Waals surface area contributed by atoms with Crippen LogP contribution in [0, 0.1) is 0 Å². The van der Waals surface area contributed by atoms with Gasteiger partial charge in [0.25, 0.3) is 15.9 Å². The van der Waals surface area contributed by atoms with Crippen molar-refractivity contribution < 1.29 is 13.2 Å². The number of amides is 1. The maximum atomic E-state index is 12.4. The molecule has 0 aliphatic rings. The van der Waals surface area contributed by atoms with Gasteiger partial charge in [0.1, 0.15) is 5.82 Å². The number of rotatable bonds is 6. The SMILES string of the molecule is CC(C)n1nccc1NC(=O)c1ccc(NS(=O)(=O)c2ccccc2)cc1. The second-order valence-electron chi connectivity index (χ2n) is 6.20. The molecule has 0 aliphatic heterocycles. The fourth-order valence-electron chi connectivity index (χ4n) is 2.52. The molecule has 2 aromatic carbocycles. The summed E-state index contributed by atoms with van der Waals surface area (Å²) in [5.41, 5.74) is 0.789. The van der Waals surface area contributed by atoms with Crippen LogP contribution in [-0.2, 0) is 10.0 Å². The number of hydrogen-bond donors (Lipinski definition) is 2. The van der Waals surface area contributed by atoms with Crippen LogP contribution in [0.5, 0.6) is 0 Å². The van der Waals surface area contributed by atoms with Crippen LogP contribution < -0.4 is 10.0 Å². The van der Waals surface area contributed by atoms with Gasteiger partial charge in [-0.1, -0.05) is 18.2 Å². The van der Waals surface area contributed by atoms with Gasteiger partial charge in [0.05, 0.1) is 11.1 Å². The molecule has 0 fully saturated rings. The third-order valence-electron chi connectivity index (χ3n) is 3.85. The molecule has 0 saturated heterocycles. The lowest BCUT2D eigenvalue weighted by atomic mass is 10.2. The monoisotopic (exact) mass is 384 g/mol. The van der Waals surface area contributed by atoms with Crippen molar-refractivity contribution in [1.82, 2.24) is 9.78 Å². The minimum absolute atomic E-state index is 0.116. The maximum absolute atomic E-state index is 12.4. The fourth-order valence-corrected chi connectivity index (χ4v) is 3.60. The van der Waals surface area contributed by atoms with Gasteiger partial charge in [-0.3, -0.25) is 9.52 Å². The second kappa shape index (κ2) is 7.63. The molecule has 1 aromatic heterocycles. The highest BCUT2D eigenvalue weighted by atomic mass is 32.2. The van der Waals surface area contributed by atoms with Crippen LogP contribution >= 0.6 is 0 Å². The topological polar surface area (TPSA) is 93.1 Å². The normalized spacial score (nSPS) is 11.4. The van der Waals surface area contributed by atoms with Gasteiger partial charge in [-0.2, -0.15) is 5.10 Å². The van der Waals surface area contributed by atoms with E-state index in [2.05, 4.69) is 15.1 Å². The Morgan fingerprint density at radius 3 is 2.30 bits per heavy atom. The predicted molar refractivity (Wildman–Crippen MR) is 104 cm³/mol. The summed E-state index contributed by atoms with van der Waals surface area (Å²) >= 11 is 0. The van der Waals surface area contributed by atoms with E-state index in [1.54, 1.807) is 59.4 Å². The van der Waals surface area contributed by atoms with E-state index in [0.717, 1.165) is 0 Å². The van der Waals surface area contributed by atoms with E-state index in [1.807, 2.05) is 13.8 Å². The van der Waals surface area contributed by atoms with Crippen molar-refractivity contribution in [3.8, 4) is 0 Å². The lowest BCUT2D eigenvalue weighted by molar-refractivity contribution is 0.102. The molecule has 8 heteroatoms. The van der Waals surface area contributed by atoms with Crippen molar-refractivity contribution in [2.75, 3.05) is 10.0 Å². The molecule has 0 atom stereocenters. The van der Waals surface area contributed by atoms with E-state index < -0.39 is 10.0 Å². The van der Waals surface area contributed by atoms with Gasteiger partial charge in [0.2, 0.25) is 0 Å². The lowest BCUT2D eigenvalue weighted by Gasteiger charge is -2.12. The zero-order chi connectivity index (χ0) is 19.4. The van der Waals surface area contributed by atoms with Crippen molar-refractivity contribution >= 4 is 27.4 Å². The molecule has 2 N–H and O–H groups in total. The molecule has 27 heavy (non-hydrogen) atoms. The number of carbonyl (C=O) groups is 1. The number of nitrogens with zero attached hydrogens (tertiary/aromatic N) is 2. The molecule has 0 bridgehead atoms. The first-order chi connectivity index (χ1) is 12.9. The maximum Gasteiger partial charge on any atom is 0.261 e. The van der Waals surface area contributed by atoms with Gasteiger partial charge in [-0.25, -0.2) is 13.1 Å². The van der Waals surface area contributed by atoms with Crippen LogP contribution in [0.2, 0.25) is 0 Å². The average molecular weight is 384 g/mol. The van der Waals surface area contributed by atoms with Crippen LogP contribution in [0.25, 0.3) is 0 Å². The number of aromatic nitrogens is 2. The highest BCUT2D eigenvalue weighted by molar-refractivity contribution is 7.92. The Balaban J connectivity index is 1.72. The van der Waals surface area contributed by atoms with Crippen LogP contribution in [0.4, 0.5) is 11.5 Å². The smallest absolute Gasteiger partial charge is 0.261 e. The number of nitrogens with one attached hydrogen (secondary N) is 2. The van der Waals surface area contributed by atoms with Gasteiger partial charge in [-0.15, -0.1) is 0 Å². The molecule has 0 radical (unpaired) electrons. The molecule has 0 aliphatic carbocycles. The zero-order valence-corrected chi connectivity index (χ0v) is 15.8. The first-order valence-corrected chi connectivity index (χ1v) is 9.88. The molecule has 1 heterocycles. The summed E-state index contributed by atoms with van der Waals surface area (Å²) in [5, 5.41) is 6.98. The summed E-state index contributed by atoms with van der Waals surface area (Å²) < 4.78 is 28.9. The van der Waals surface area contributed by atoms with Crippen molar-refractivity contribution in [1.29, 1.82) is 0 Å². The third-order valence-corrected chi connectivity index (χ3v) is 5.25. The molecule has 1 amide bonds. The molecule has 3 aromatic rings. The van der Waals surface area contributed by atoms with Crippen molar-refractivity contribution in [2.45, 2.75) is 24.8 Å². The van der Waals surface area contributed by atoms with Crippen LogP contribution in [0.1, 0.15) is 30.2 Å². The number of hydrogen-bond acceptors (Lipinski definition) is 4. The summed E-state index contributed by atoms with van der Waals surface area (Å²) in [6.07, 6.45) is 1.62. The third kappa shape index (κ3) is 4.35. The Morgan fingerprint density at radius 1 is 1.00 bits per heavy atom. The number of anilines is 2. The van der Waals surface area contributed by atoms with Crippen molar-refractivity contribution in [2.24, 2.45) is 0 Å². The van der Waals surface area contributed by atoms with Crippen LogP contribution in [-0.4, -0.2) is 24.1 Å². The van der Waals surface area contributed by atoms with Crippen LogP contribution in [0.3, 0.4) is 0 Å². The van der Waals surface area contributed by atoms with Crippen molar-refractivity contribution in [3.63, 3.8) is 0 Å². The molecular weight excluding hydrogens is 364 g/mol. The molecule has 3 rings (SSSR count). The lowest BCUT2D eigenvalue weighted by Crippen LogP contribution is -2.17. The zero-order valence-electron chi connectivity index (χ0n) is 15.0. The van der Waals surface area contributed by atoms with E-state index in [0.29, 0.717) is 17.1 Å². The van der Waals surface area contributed by atoms with E-state index in [-0.39, 0.29) is 16.8 Å². The van der Waals surface area contributed by atoms with Crippen molar-refractivity contribution in [3.05, 3.63) is 72.4 Å². The van der Waals surface area contributed by atoms with Gasteiger partial charge >= 0.3 is 0 Å². The number of benzene rings is 2. The summed E-state index contributed by atoms with van der Waals surface area (Å²) in [6, 6.07) is 16.2. The molecule has 0 spiro atoms. The number of carbonyl (C=O) groups excluding carboxylic acids is 1. The highest BCUT2D eigenvalue weighted by Gasteiger charge is 2.15. The number of sulfonamides is 1. The molecule has 7 nitrogen and oxygen atoms in total. The average Bonchev–Trinajstić information content (AvgIpc) is 3.11. The predicted octanol–water partition coefficient (Wildman–Crippen LogP) is 3.52. The molecular formula is C19H20N4O3S. The molecule has 0 saturated carbocycles. The minimum atomic E-state index is -3.66. The standard InChI is InChI=1S/C19H20N4O3S/c1-14(2)23-18(12-13-20-23)21-19(24)15-8-10-16(11-9-15)22-27(25,26)17-6-4-3-5-7-17/h3-14,22H,1-2H3,(H,21,24). The van der Waals surface area contributed by atoms with Gasteiger partial charge in [-0.05, 0) is 50.2 Å². The Morgan fingerprint density at radius 2 is 1.67 bits per heavy atom. The molecule has 140 valence electrons. The van der Waals surface area contributed by atoms with E-state index >= 15 is 0 Å².